The van der Waals surface area contributed by atoms with E-state index in [1.165, 1.54) is 12.5 Å². The van der Waals surface area contributed by atoms with E-state index in [2.05, 4.69) is 6.07 Å². The third-order valence-corrected chi connectivity index (χ3v) is 4.71. The number of fused-ring (bicyclic) bond motifs is 1. The number of rotatable bonds is 4. The first-order valence-electron chi connectivity index (χ1n) is 8.23. The van der Waals surface area contributed by atoms with E-state index in [9.17, 15) is 14.7 Å². The molecule has 0 fully saturated rings. The Balaban J connectivity index is 1.96. The number of benzene rings is 2. The summed E-state index contributed by atoms with van der Waals surface area (Å²) in [5, 5.41) is 9.21. The SMILES string of the molecule is CC(C(=O)O)C(=O)N1CCc2ccccc2C1Cc1ccccc1. The molecule has 4 heteroatoms. The minimum Gasteiger partial charge on any atom is -0.481 e. The van der Waals surface area contributed by atoms with E-state index < -0.39 is 11.9 Å². The molecule has 2 unspecified atom stereocenters. The number of hydrogen-bond donors (Lipinski definition) is 1. The van der Waals surface area contributed by atoms with Crippen molar-refractivity contribution in [1.82, 2.24) is 4.90 Å². The molecule has 0 saturated carbocycles. The first-order valence-corrected chi connectivity index (χ1v) is 8.23. The second-order valence-electron chi connectivity index (χ2n) is 6.25. The minimum absolute atomic E-state index is 0.119. The van der Waals surface area contributed by atoms with E-state index in [0.29, 0.717) is 13.0 Å². The van der Waals surface area contributed by atoms with Gasteiger partial charge in [0, 0.05) is 6.54 Å². The number of nitrogens with zero attached hydrogens (tertiary/aromatic N) is 1. The topological polar surface area (TPSA) is 57.6 Å². The molecule has 1 amide bonds. The van der Waals surface area contributed by atoms with Crippen LogP contribution >= 0.6 is 0 Å². The summed E-state index contributed by atoms with van der Waals surface area (Å²) in [7, 11) is 0. The molecule has 24 heavy (non-hydrogen) atoms. The quantitative estimate of drug-likeness (QED) is 0.880. The van der Waals surface area contributed by atoms with Gasteiger partial charge in [-0.25, -0.2) is 0 Å². The second kappa shape index (κ2) is 6.87. The molecule has 124 valence electrons. The third kappa shape index (κ3) is 3.18. The average Bonchev–Trinajstić information content (AvgIpc) is 2.61. The summed E-state index contributed by atoms with van der Waals surface area (Å²) in [6.07, 6.45) is 1.45. The molecule has 4 nitrogen and oxygen atoms in total. The van der Waals surface area contributed by atoms with Gasteiger partial charge in [0.2, 0.25) is 5.91 Å². The van der Waals surface area contributed by atoms with Gasteiger partial charge in [-0.1, -0.05) is 54.6 Å². The van der Waals surface area contributed by atoms with Gasteiger partial charge in [0.05, 0.1) is 6.04 Å². The maximum Gasteiger partial charge on any atom is 0.315 e. The number of carbonyl (C=O) groups excluding carboxylic acids is 1. The van der Waals surface area contributed by atoms with Crippen LogP contribution in [0, 0.1) is 5.92 Å². The van der Waals surface area contributed by atoms with Crippen LogP contribution < -0.4 is 0 Å². The van der Waals surface area contributed by atoms with E-state index in [-0.39, 0.29) is 11.9 Å². The Kier molecular flexibility index (Phi) is 4.65. The van der Waals surface area contributed by atoms with Crippen molar-refractivity contribution in [3.05, 3.63) is 71.3 Å². The lowest BCUT2D eigenvalue weighted by Gasteiger charge is -2.38. The molecule has 1 aliphatic rings. The first kappa shape index (κ1) is 16.2. The molecule has 3 rings (SSSR count). The minimum atomic E-state index is -1.07. The van der Waals surface area contributed by atoms with E-state index in [0.717, 1.165) is 17.5 Å². The molecular formula is C20H21NO3. The normalized spacial score (nSPS) is 17.9. The fourth-order valence-corrected chi connectivity index (χ4v) is 3.33. The van der Waals surface area contributed by atoms with E-state index in [1.807, 2.05) is 48.5 Å². The predicted molar refractivity (Wildman–Crippen MR) is 91.5 cm³/mol. The Morgan fingerprint density at radius 1 is 1.12 bits per heavy atom. The van der Waals surface area contributed by atoms with Crippen LogP contribution in [0.5, 0.6) is 0 Å². The zero-order valence-corrected chi connectivity index (χ0v) is 13.7. The highest BCUT2D eigenvalue weighted by Crippen LogP contribution is 2.33. The van der Waals surface area contributed by atoms with Crippen LogP contribution in [0.25, 0.3) is 0 Å². The number of amides is 1. The van der Waals surface area contributed by atoms with E-state index in [4.69, 9.17) is 0 Å². The van der Waals surface area contributed by atoms with Crippen LogP contribution in [-0.2, 0) is 22.4 Å². The fraction of sp³-hybridized carbons (Fsp3) is 0.300. The van der Waals surface area contributed by atoms with Gasteiger partial charge >= 0.3 is 5.97 Å². The number of hydrogen-bond acceptors (Lipinski definition) is 2. The number of aliphatic carboxylic acids is 1. The van der Waals surface area contributed by atoms with Crippen molar-refractivity contribution in [3.63, 3.8) is 0 Å². The van der Waals surface area contributed by atoms with Crippen molar-refractivity contribution >= 4 is 11.9 Å². The van der Waals surface area contributed by atoms with Gasteiger partial charge in [-0.2, -0.15) is 0 Å². The first-order chi connectivity index (χ1) is 11.6. The van der Waals surface area contributed by atoms with Crippen LogP contribution in [0.1, 0.15) is 29.7 Å². The van der Waals surface area contributed by atoms with Gasteiger partial charge in [0.1, 0.15) is 5.92 Å². The molecule has 0 spiro atoms. The molecule has 0 aromatic heterocycles. The fourth-order valence-electron chi connectivity index (χ4n) is 3.33. The van der Waals surface area contributed by atoms with Gasteiger partial charge in [-0.15, -0.1) is 0 Å². The summed E-state index contributed by atoms with van der Waals surface area (Å²) >= 11 is 0. The number of carboxylic acids is 1. The lowest BCUT2D eigenvalue weighted by molar-refractivity contribution is -0.151. The Morgan fingerprint density at radius 3 is 2.50 bits per heavy atom. The summed E-state index contributed by atoms with van der Waals surface area (Å²) in [5.74, 6) is -2.40. The Hall–Kier alpha value is -2.62. The largest absolute Gasteiger partial charge is 0.481 e. The molecular weight excluding hydrogens is 302 g/mol. The highest BCUT2D eigenvalue weighted by atomic mass is 16.4. The molecule has 1 aliphatic heterocycles. The molecule has 0 bridgehead atoms. The predicted octanol–water partition coefficient (Wildman–Crippen LogP) is 3.08. The average molecular weight is 323 g/mol. The Labute approximate surface area is 141 Å². The second-order valence-corrected chi connectivity index (χ2v) is 6.25. The smallest absolute Gasteiger partial charge is 0.315 e. The van der Waals surface area contributed by atoms with Gasteiger partial charge in [0.15, 0.2) is 0 Å². The van der Waals surface area contributed by atoms with Crippen molar-refractivity contribution in [1.29, 1.82) is 0 Å². The molecule has 2 atom stereocenters. The summed E-state index contributed by atoms with van der Waals surface area (Å²) in [6, 6.07) is 18.0. The van der Waals surface area contributed by atoms with Crippen molar-refractivity contribution < 1.29 is 14.7 Å². The van der Waals surface area contributed by atoms with Crippen LogP contribution in [0.2, 0.25) is 0 Å². The lowest BCUT2D eigenvalue weighted by Crippen LogP contribution is -2.45. The van der Waals surface area contributed by atoms with Crippen molar-refractivity contribution in [2.75, 3.05) is 6.54 Å². The molecule has 0 aliphatic carbocycles. The highest BCUT2D eigenvalue weighted by Gasteiger charge is 2.35. The number of carboxylic acid groups (broad SMARTS) is 1. The summed E-state index contributed by atoms with van der Waals surface area (Å²) in [6.45, 7) is 2.02. The van der Waals surface area contributed by atoms with Crippen molar-refractivity contribution in [2.45, 2.75) is 25.8 Å². The van der Waals surface area contributed by atoms with Crippen LogP contribution in [0.4, 0.5) is 0 Å². The summed E-state index contributed by atoms with van der Waals surface area (Å²) in [4.78, 5) is 25.7. The molecule has 1 heterocycles. The number of carbonyl (C=O) groups is 2. The van der Waals surface area contributed by atoms with E-state index >= 15 is 0 Å². The Bertz CT molecular complexity index is 742. The molecule has 2 aromatic rings. The van der Waals surface area contributed by atoms with Crippen molar-refractivity contribution in [3.8, 4) is 0 Å². The van der Waals surface area contributed by atoms with Gasteiger partial charge in [-0.3, -0.25) is 9.59 Å². The Morgan fingerprint density at radius 2 is 1.79 bits per heavy atom. The lowest BCUT2D eigenvalue weighted by atomic mass is 9.88. The molecule has 2 aromatic carbocycles. The van der Waals surface area contributed by atoms with Crippen LogP contribution in [-0.4, -0.2) is 28.4 Å². The molecule has 1 N–H and O–H groups in total. The molecule has 0 radical (unpaired) electrons. The zero-order valence-electron chi connectivity index (χ0n) is 13.7. The molecule has 0 saturated heterocycles. The van der Waals surface area contributed by atoms with Crippen LogP contribution in [0.3, 0.4) is 0 Å². The van der Waals surface area contributed by atoms with Gasteiger partial charge in [0.25, 0.3) is 0 Å². The monoisotopic (exact) mass is 323 g/mol. The zero-order chi connectivity index (χ0) is 17.1. The van der Waals surface area contributed by atoms with E-state index in [1.54, 1.807) is 4.90 Å². The van der Waals surface area contributed by atoms with Crippen LogP contribution in [0.15, 0.2) is 54.6 Å². The van der Waals surface area contributed by atoms with Gasteiger partial charge < -0.3 is 10.0 Å². The van der Waals surface area contributed by atoms with Gasteiger partial charge in [-0.05, 0) is 36.5 Å². The summed E-state index contributed by atoms with van der Waals surface area (Å²) < 4.78 is 0. The third-order valence-electron chi connectivity index (χ3n) is 4.71. The maximum absolute atomic E-state index is 12.7. The maximum atomic E-state index is 12.7. The standard InChI is InChI=1S/C20H21NO3/c1-14(20(23)24)19(22)21-12-11-16-9-5-6-10-17(16)18(21)13-15-7-3-2-4-8-15/h2-10,14,18H,11-13H2,1H3,(H,23,24). The highest BCUT2D eigenvalue weighted by molar-refractivity contribution is 5.96. The summed E-state index contributed by atoms with van der Waals surface area (Å²) in [5.41, 5.74) is 3.50. The van der Waals surface area contributed by atoms with Crippen molar-refractivity contribution in [2.24, 2.45) is 5.92 Å².